The number of ether oxygens (including phenoxy) is 2. The van der Waals surface area contributed by atoms with Crippen LogP contribution in [0.1, 0.15) is 29.7 Å². The van der Waals surface area contributed by atoms with E-state index in [1.165, 1.54) is 31.2 Å². The second kappa shape index (κ2) is 12.3. The molecule has 0 N–H and O–H groups in total. The molecule has 0 bridgehead atoms. The van der Waals surface area contributed by atoms with Crippen LogP contribution in [-0.2, 0) is 16.1 Å². The highest BCUT2D eigenvalue weighted by Gasteiger charge is 2.45. The Morgan fingerprint density at radius 3 is 2.45 bits per heavy atom. The fourth-order valence-electron chi connectivity index (χ4n) is 4.42. The van der Waals surface area contributed by atoms with E-state index in [4.69, 9.17) is 21.1 Å². The Balaban J connectivity index is 1.66. The van der Waals surface area contributed by atoms with Gasteiger partial charge >= 0.3 is 12.1 Å². The maximum Gasteiger partial charge on any atom is 0.434 e. The summed E-state index contributed by atoms with van der Waals surface area (Å²) in [4.78, 5) is 30.4. The van der Waals surface area contributed by atoms with Crippen LogP contribution in [0.3, 0.4) is 0 Å². The van der Waals surface area contributed by atoms with Crippen LogP contribution in [0, 0.1) is 0 Å². The van der Waals surface area contributed by atoms with Gasteiger partial charge in [-0.25, -0.2) is 9.79 Å². The number of esters is 1. The number of aromatic nitrogens is 1. The SMILES string of the molecule is CCOC(=O)C1=C(C(F)(F)F)N=c2s/c(=C\c3ccccc3OCc3ccc(Br)cc3)c(=O)n2[C@@H]1c1ccc(Cl)cc1. The molecular formula is C30H21BrClF3N2O4S. The van der Waals surface area contributed by atoms with E-state index >= 15 is 0 Å². The molecule has 0 fully saturated rings. The summed E-state index contributed by atoms with van der Waals surface area (Å²) in [7, 11) is 0. The highest BCUT2D eigenvalue weighted by molar-refractivity contribution is 9.10. The van der Waals surface area contributed by atoms with Gasteiger partial charge in [0.25, 0.3) is 5.56 Å². The summed E-state index contributed by atoms with van der Waals surface area (Å²) >= 11 is 10.2. The smallest absolute Gasteiger partial charge is 0.434 e. The molecular weight excluding hydrogens is 657 g/mol. The number of thiazole rings is 1. The summed E-state index contributed by atoms with van der Waals surface area (Å²) < 4.78 is 56.1. The van der Waals surface area contributed by atoms with Crippen molar-refractivity contribution in [2.24, 2.45) is 4.99 Å². The van der Waals surface area contributed by atoms with E-state index in [1.807, 2.05) is 24.3 Å². The van der Waals surface area contributed by atoms with Crippen molar-refractivity contribution in [3.8, 4) is 5.75 Å². The van der Waals surface area contributed by atoms with Gasteiger partial charge < -0.3 is 9.47 Å². The third-order valence-electron chi connectivity index (χ3n) is 6.29. The molecule has 6 nitrogen and oxygen atoms in total. The molecule has 1 atom stereocenters. The zero-order valence-corrected chi connectivity index (χ0v) is 25.0. The molecule has 4 aromatic rings. The molecule has 2 heterocycles. The van der Waals surface area contributed by atoms with Gasteiger partial charge in [0.2, 0.25) is 0 Å². The predicted octanol–water partition coefficient (Wildman–Crippen LogP) is 6.34. The van der Waals surface area contributed by atoms with Crippen molar-refractivity contribution in [2.45, 2.75) is 25.7 Å². The van der Waals surface area contributed by atoms with Gasteiger partial charge in [0.05, 0.1) is 22.8 Å². The summed E-state index contributed by atoms with van der Waals surface area (Å²) in [6.45, 7) is 1.57. The molecule has 42 heavy (non-hydrogen) atoms. The van der Waals surface area contributed by atoms with Crippen LogP contribution in [0.4, 0.5) is 13.2 Å². The van der Waals surface area contributed by atoms with Crippen LogP contribution in [0.2, 0.25) is 5.02 Å². The standard InChI is InChI=1S/C30H21BrClF3N2O4S/c1-2-40-28(39)24-25(18-9-13-21(32)14-10-18)37-27(38)23(42-29(37)36-26(24)30(33,34)35)15-19-5-3-4-6-22(19)41-16-17-7-11-20(31)12-8-17/h3-15,25H,2,16H2,1H3/b23-15-/t25-/m1/s1. The number of fused-ring (bicyclic) bond motifs is 1. The third-order valence-corrected chi connectivity index (χ3v) is 8.06. The highest BCUT2D eigenvalue weighted by atomic mass is 79.9. The van der Waals surface area contributed by atoms with Crippen molar-refractivity contribution < 1.29 is 27.4 Å². The van der Waals surface area contributed by atoms with Crippen molar-refractivity contribution in [2.75, 3.05) is 6.61 Å². The molecule has 12 heteroatoms. The molecule has 0 unspecified atom stereocenters. The average molecular weight is 678 g/mol. The minimum Gasteiger partial charge on any atom is -0.488 e. The number of para-hydroxylation sites is 1. The Morgan fingerprint density at radius 2 is 1.79 bits per heavy atom. The lowest BCUT2D eigenvalue weighted by atomic mass is 9.95. The monoisotopic (exact) mass is 676 g/mol. The first-order valence-corrected chi connectivity index (χ1v) is 14.6. The Morgan fingerprint density at radius 1 is 1.10 bits per heavy atom. The molecule has 216 valence electrons. The summed E-state index contributed by atoms with van der Waals surface area (Å²) in [6.07, 6.45) is -3.45. The van der Waals surface area contributed by atoms with Crippen molar-refractivity contribution in [3.05, 3.63) is 130 Å². The van der Waals surface area contributed by atoms with Crippen LogP contribution in [0.25, 0.3) is 6.08 Å². The molecule has 0 aliphatic carbocycles. The van der Waals surface area contributed by atoms with E-state index in [-0.39, 0.29) is 28.1 Å². The van der Waals surface area contributed by atoms with Gasteiger partial charge in [-0.15, -0.1) is 0 Å². The number of rotatable bonds is 7. The Kier molecular flexibility index (Phi) is 8.72. The van der Waals surface area contributed by atoms with Gasteiger partial charge in [0.15, 0.2) is 10.5 Å². The number of carbonyl (C=O) groups excluding carboxylic acids is 1. The van der Waals surface area contributed by atoms with Crippen LogP contribution in [0.15, 0.2) is 98.3 Å². The van der Waals surface area contributed by atoms with Gasteiger partial charge in [0, 0.05) is 15.1 Å². The van der Waals surface area contributed by atoms with Gasteiger partial charge in [-0.2, -0.15) is 13.2 Å². The zero-order valence-electron chi connectivity index (χ0n) is 21.8. The van der Waals surface area contributed by atoms with E-state index in [9.17, 15) is 22.8 Å². The van der Waals surface area contributed by atoms with Gasteiger partial charge in [-0.3, -0.25) is 9.36 Å². The number of benzene rings is 3. The topological polar surface area (TPSA) is 69.9 Å². The maximum atomic E-state index is 14.3. The lowest BCUT2D eigenvalue weighted by Gasteiger charge is -2.26. The minimum atomic E-state index is -4.99. The largest absolute Gasteiger partial charge is 0.488 e. The van der Waals surface area contributed by atoms with Gasteiger partial charge in [0.1, 0.15) is 12.4 Å². The fraction of sp³-hybridized carbons (Fsp3) is 0.167. The predicted molar refractivity (Wildman–Crippen MR) is 157 cm³/mol. The van der Waals surface area contributed by atoms with Crippen molar-refractivity contribution in [3.63, 3.8) is 0 Å². The first-order chi connectivity index (χ1) is 20.1. The van der Waals surface area contributed by atoms with Crippen molar-refractivity contribution in [1.29, 1.82) is 0 Å². The minimum absolute atomic E-state index is 0.110. The molecule has 5 rings (SSSR count). The summed E-state index contributed by atoms with van der Waals surface area (Å²) in [5.74, 6) is -0.738. The first kappa shape index (κ1) is 29.8. The molecule has 3 aromatic carbocycles. The maximum absolute atomic E-state index is 14.3. The third kappa shape index (κ3) is 6.23. The zero-order chi connectivity index (χ0) is 30.0. The molecule has 0 radical (unpaired) electrons. The van der Waals surface area contributed by atoms with Crippen molar-refractivity contribution in [1.82, 2.24) is 4.57 Å². The van der Waals surface area contributed by atoms with Crippen LogP contribution < -0.4 is 19.6 Å². The quantitative estimate of drug-likeness (QED) is 0.214. The van der Waals surface area contributed by atoms with Gasteiger partial charge in [-0.05, 0) is 54.5 Å². The number of hydrogen-bond acceptors (Lipinski definition) is 6. The Bertz CT molecular complexity index is 1850. The summed E-state index contributed by atoms with van der Waals surface area (Å²) in [5, 5.41) is 0.337. The number of allylic oxidation sites excluding steroid dienone is 1. The van der Waals surface area contributed by atoms with E-state index in [1.54, 1.807) is 30.3 Å². The summed E-state index contributed by atoms with van der Waals surface area (Å²) in [5.41, 5.74) is -1.10. The molecule has 1 aliphatic rings. The Hall–Kier alpha value is -3.67. The molecule has 0 saturated heterocycles. The number of nitrogens with zero attached hydrogens (tertiary/aromatic N) is 2. The second-order valence-corrected chi connectivity index (χ2v) is 11.4. The van der Waals surface area contributed by atoms with E-state index in [0.29, 0.717) is 16.3 Å². The van der Waals surface area contributed by atoms with Crippen LogP contribution in [-0.4, -0.2) is 23.3 Å². The summed E-state index contributed by atoms with van der Waals surface area (Å²) in [6, 6.07) is 19.0. The Labute approximate surface area is 255 Å². The first-order valence-electron chi connectivity index (χ1n) is 12.6. The van der Waals surface area contributed by atoms with Gasteiger partial charge in [-0.1, -0.05) is 81.3 Å². The normalized spacial score (nSPS) is 15.3. The molecule has 0 saturated carbocycles. The number of alkyl halides is 3. The van der Waals surface area contributed by atoms with Crippen LogP contribution in [0.5, 0.6) is 5.75 Å². The number of halogens is 5. The van der Waals surface area contributed by atoms with E-state index in [2.05, 4.69) is 20.9 Å². The van der Waals surface area contributed by atoms with Crippen LogP contribution >= 0.6 is 38.9 Å². The van der Waals surface area contributed by atoms with E-state index < -0.39 is 35.0 Å². The average Bonchev–Trinajstić information content (AvgIpc) is 3.27. The lowest BCUT2D eigenvalue weighted by molar-refractivity contribution is -0.140. The fourth-order valence-corrected chi connectivity index (χ4v) is 5.80. The number of carbonyl (C=O) groups is 1. The second-order valence-electron chi connectivity index (χ2n) is 9.07. The lowest BCUT2D eigenvalue weighted by Crippen LogP contribution is -2.41. The molecule has 1 aromatic heterocycles. The number of hydrogen-bond donors (Lipinski definition) is 0. The van der Waals surface area contributed by atoms with Crippen molar-refractivity contribution >= 4 is 50.9 Å². The molecule has 0 spiro atoms. The highest BCUT2D eigenvalue weighted by Crippen LogP contribution is 2.38. The molecule has 1 aliphatic heterocycles. The molecule has 0 amide bonds. The van der Waals surface area contributed by atoms with E-state index in [0.717, 1.165) is 25.9 Å².